The highest BCUT2D eigenvalue weighted by Gasteiger charge is 2.43. The fourth-order valence-electron chi connectivity index (χ4n) is 4.81. The SMILES string of the molecule is COc1ccc(N2C(=S)N[C@H](c3ccccn3)[C@@H]2c2cc(C)n(C(C)C)c2C)c(OC)c1. The molecule has 32 heavy (non-hydrogen) atoms. The van der Waals surface area contributed by atoms with Crippen molar-refractivity contribution in [2.24, 2.45) is 0 Å². The fourth-order valence-corrected chi connectivity index (χ4v) is 5.15. The molecule has 1 aliphatic rings. The van der Waals surface area contributed by atoms with Crippen LogP contribution in [-0.4, -0.2) is 28.9 Å². The van der Waals surface area contributed by atoms with Crippen LogP contribution in [-0.2, 0) is 0 Å². The highest BCUT2D eigenvalue weighted by molar-refractivity contribution is 7.80. The smallest absolute Gasteiger partial charge is 0.174 e. The number of rotatable bonds is 6. The summed E-state index contributed by atoms with van der Waals surface area (Å²) in [5.41, 5.74) is 5.52. The van der Waals surface area contributed by atoms with Crippen LogP contribution in [0.15, 0.2) is 48.7 Å². The van der Waals surface area contributed by atoms with Gasteiger partial charge in [0.15, 0.2) is 5.11 Å². The first-order valence-electron chi connectivity index (χ1n) is 10.8. The second-order valence-corrected chi connectivity index (χ2v) is 8.71. The van der Waals surface area contributed by atoms with Gasteiger partial charge in [-0.3, -0.25) is 4.98 Å². The van der Waals surface area contributed by atoms with Gasteiger partial charge in [0, 0.05) is 29.7 Å². The summed E-state index contributed by atoms with van der Waals surface area (Å²) >= 11 is 5.87. The first-order valence-corrected chi connectivity index (χ1v) is 11.2. The number of benzene rings is 1. The largest absolute Gasteiger partial charge is 0.497 e. The molecule has 0 unspecified atom stereocenters. The van der Waals surface area contributed by atoms with E-state index in [1.54, 1.807) is 14.2 Å². The predicted octanol–water partition coefficient (Wildman–Crippen LogP) is 5.28. The molecule has 4 rings (SSSR count). The van der Waals surface area contributed by atoms with Gasteiger partial charge in [-0.2, -0.15) is 0 Å². The van der Waals surface area contributed by atoms with Gasteiger partial charge in [-0.1, -0.05) is 6.07 Å². The zero-order valence-electron chi connectivity index (χ0n) is 19.4. The first kappa shape index (κ1) is 22.1. The van der Waals surface area contributed by atoms with E-state index in [9.17, 15) is 0 Å². The molecule has 1 aliphatic heterocycles. The van der Waals surface area contributed by atoms with Gasteiger partial charge >= 0.3 is 0 Å². The van der Waals surface area contributed by atoms with Crippen molar-refractivity contribution in [3.05, 3.63) is 71.3 Å². The number of pyridine rings is 1. The number of methoxy groups -OCH3 is 2. The number of nitrogens with zero attached hydrogens (tertiary/aromatic N) is 3. The molecule has 1 fully saturated rings. The third-order valence-corrected chi connectivity index (χ3v) is 6.42. The van der Waals surface area contributed by atoms with Crippen molar-refractivity contribution in [1.29, 1.82) is 0 Å². The van der Waals surface area contributed by atoms with E-state index in [-0.39, 0.29) is 12.1 Å². The Hall–Kier alpha value is -3.06. The minimum atomic E-state index is -0.100. The van der Waals surface area contributed by atoms with Gasteiger partial charge in [0.1, 0.15) is 11.5 Å². The summed E-state index contributed by atoms with van der Waals surface area (Å²) in [6, 6.07) is 14.3. The van der Waals surface area contributed by atoms with E-state index in [4.69, 9.17) is 21.7 Å². The van der Waals surface area contributed by atoms with Gasteiger partial charge in [0.25, 0.3) is 0 Å². The topological polar surface area (TPSA) is 51.5 Å². The standard InChI is InChI=1S/C25H30N4O2S/c1-15(2)28-16(3)13-19(17(28)4)24-23(20-9-7-8-12-26-20)27-25(32)29(24)21-11-10-18(30-5)14-22(21)31-6/h7-15,23-24H,1-6H3,(H,27,32)/t23-,24+/m1/s1. The van der Waals surface area contributed by atoms with E-state index in [0.29, 0.717) is 16.9 Å². The van der Waals surface area contributed by atoms with Crippen LogP contribution in [0.4, 0.5) is 5.69 Å². The quantitative estimate of drug-likeness (QED) is 0.516. The molecule has 168 valence electrons. The zero-order valence-corrected chi connectivity index (χ0v) is 20.2. The summed E-state index contributed by atoms with van der Waals surface area (Å²) in [6.07, 6.45) is 1.82. The molecule has 6 nitrogen and oxygen atoms in total. The second-order valence-electron chi connectivity index (χ2n) is 8.32. The van der Waals surface area contributed by atoms with Gasteiger partial charge in [-0.05, 0) is 75.8 Å². The molecule has 1 aromatic carbocycles. The molecule has 7 heteroatoms. The average molecular weight is 451 g/mol. The number of thiocarbonyl (C=S) groups is 1. The molecule has 1 N–H and O–H groups in total. The number of anilines is 1. The lowest BCUT2D eigenvalue weighted by Gasteiger charge is -2.29. The summed E-state index contributed by atoms with van der Waals surface area (Å²) in [5.74, 6) is 1.44. The van der Waals surface area contributed by atoms with Crippen LogP contribution in [0.5, 0.6) is 11.5 Å². The van der Waals surface area contributed by atoms with Crippen molar-refractivity contribution < 1.29 is 9.47 Å². The lowest BCUT2D eigenvalue weighted by molar-refractivity contribution is 0.394. The van der Waals surface area contributed by atoms with Crippen molar-refractivity contribution in [1.82, 2.24) is 14.9 Å². The normalized spacial score (nSPS) is 18.2. The molecule has 3 aromatic rings. The van der Waals surface area contributed by atoms with Gasteiger partial charge in [-0.15, -0.1) is 0 Å². The third-order valence-electron chi connectivity index (χ3n) is 6.10. The van der Waals surface area contributed by atoms with Crippen LogP contribution in [0.25, 0.3) is 0 Å². The van der Waals surface area contributed by atoms with Crippen molar-refractivity contribution >= 4 is 23.0 Å². The van der Waals surface area contributed by atoms with E-state index in [0.717, 1.165) is 17.1 Å². The fraction of sp³-hybridized carbons (Fsp3) is 0.360. The highest BCUT2D eigenvalue weighted by atomic mass is 32.1. The Balaban J connectivity index is 1.92. The van der Waals surface area contributed by atoms with Gasteiger partial charge in [-0.25, -0.2) is 0 Å². The summed E-state index contributed by atoms with van der Waals surface area (Å²) in [7, 11) is 3.32. The van der Waals surface area contributed by atoms with E-state index in [1.807, 2.05) is 42.6 Å². The summed E-state index contributed by atoms with van der Waals surface area (Å²) in [5, 5.41) is 4.17. The number of ether oxygens (including phenoxy) is 2. The highest BCUT2D eigenvalue weighted by Crippen LogP contribution is 2.46. The van der Waals surface area contributed by atoms with E-state index >= 15 is 0 Å². The second kappa shape index (κ2) is 8.82. The van der Waals surface area contributed by atoms with Crippen molar-refractivity contribution in [3.8, 4) is 11.5 Å². The predicted molar refractivity (Wildman–Crippen MR) is 132 cm³/mol. The van der Waals surface area contributed by atoms with E-state index < -0.39 is 0 Å². The van der Waals surface area contributed by atoms with E-state index in [2.05, 4.69) is 53.5 Å². The molecule has 1 saturated heterocycles. The molecule has 0 saturated carbocycles. The molecule has 0 bridgehead atoms. The third kappa shape index (κ3) is 3.71. The molecule has 0 radical (unpaired) electrons. The summed E-state index contributed by atoms with van der Waals surface area (Å²) in [6.45, 7) is 8.76. The van der Waals surface area contributed by atoms with Gasteiger partial charge in [0.2, 0.25) is 0 Å². The molecule has 0 spiro atoms. The van der Waals surface area contributed by atoms with Crippen LogP contribution in [0, 0.1) is 13.8 Å². The Kier molecular flexibility index (Phi) is 6.11. The van der Waals surface area contributed by atoms with Gasteiger partial charge in [0.05, 0.1) is 37.7 Å². The van der Waals surface area contributed by atoms with Crippen LogP contribution < -0.4 is 19.7 Å². The zero-order chi connectivity index (χ0) is 23.0. The monoisotopic (exact) mass is 450 g/mol. The Bertz CT molecular complexity index is 1130. The minimum absolute atomic E-state index is 0.0848. The Labute approximate surface area is 195 Å². The van der Waals surface area contributed by atoms with Crippen LogP contribution in [0.2, 0.25) is 0 Å². The maximum Gasteiger partial charge on any atom is 0.174 e. The Morgan fingerprint density at radius 3 is 2.44 bits per heavy atom. The van der Waals surface area contributed by atoms with Crippen LogP contribution in [0.3, 0.4) is 0 Å². The number of aromatic nitrogens is 2. The maximum atomic E-state index is 5.87. The maximum absolute atomic E-state index is 5.87. The van der Waals surface area contributed by atoms with Crippen molar-refractivity contribution in [3.63, 3.8) is 0 Å². The average Bonchev–Trinajstić information content (AvgIpc) is 3.28. The Morgan fingerprint density at radius 2 is 1.84 bits per heavy atom. The molecule has 2 aromatic heterocycles. The summed E-state index contributed by atoms with van der Waals surface area (Å²) in [4.78, 5) is 6.81. The number of aryl methyl sites for hydroxylation is 1. The molecular formula is C25H30N4O2S. The first-order chi connectivity index (χ1) is 15.4. The minimum Gasteiger partial charge on any atom is -0.497 e. The van der Waals surface area contributed by atoms with E-state index in [1.165, 1.54) is 17.0 Å². The molecule has 0 amide bonds. The lowest BCUT2D eigenvalue weighted by Crippen LogP contribution is -2.30. The number of hydrogen-bond donors (Lipinski definition) is 1. The van der Waals surface area contributed by atoms with Crippen molar-refractivity contribution in [2.75, 3.05) is 19.1 Å². The lowest BCUT2D eigenvalue weighted by atomic mass is 9.96. The summed E-state index contributed by atoms with van der Waals surface area (Å²) < 4.78 is 13.5. The number of nitrogens with one attached hydrogen (secondary N) is 1. The van der Waals surface area contributed by atoms with Crippen molar-refractivity contribution in [2.45, 2.75) is 45.8 Å². The number of hydrogen-bond acceptors (Lipinski definition) is 4. The molecule has 2 atom stereocenters. The van der Waals surface area contributed by atoms with Crippen LogP contribution >= 0.6 is 12.2 Å². The molecule has 0 aliphatic carbocycles. The Morgan fingerprint density at radius 1 is 1.06 bits per heavy atom. The molecule has 3 heterocycles. The molecular weight excluding hydrogens is 420 g/mol. The van der Waals surface area contributed by atoms with Gasteiger partial charge < -0.3 is 24.3 Å². The van der Waals surface area contributed by atoms with Crippen LogP contribution in [0.1, 0.15) is 54.6 Å².